The maximum absolute atomic E-state index is 14.0. The summed E-state index contributed by atoms with van der Waals surface area (Å²) >= 11 is 0. The summed E-state index contributed by atoms with van der Waals surface area (Å²) in [6.45, 7) is 2.42. The van der Waals surface area contributed by atoms with Gasteiger partial charge in [-0.3, -0.25) is 0 Å². The van der Waals surface area contributed by atoms with E-state index in [1.807, 2.05) is 6.07 Å². The van der Waals surface area contributed by atoms with Gasteiger partial charge in [0.2, 0.25) is 0 Å². The first kappa shape index (κ1) is 17.6. The van der Waals surface area contributed by atoms with Gasteiger partial charge in [-0.15, -0.1) is 0 Å². The van der Waals surface area contributed by atoms with Crippen molar-refractivity contribution in [1.29, 1.82) is 0 Å². The van der Waals surface area contributed by atoms with Gasteiger partial charge >= 0.3 is 0 Å². The van der Waals surface area contributed by atoms with Gasteiger partial charge in [0.15, 0.2) is 11.6 Å². The molecular weight excluding hydrogens is 323 g/mol. The van der Waals surface area contributed by atoms with Gasteiger partial charge in [0.05, 0.1) is 7.11 Å². The zero-order valence-electron chi connectivity index (χ0n) is 15.9. The molecule has 2 aliphatic carbocycles. The highest BCUT2D eigenvalue weighted by atomic mass is 19.1. The van der Waals surface area contributed by atoms with Crippen molar-refractivity contribution in [2.24, 2.45) is 17.8 Å². The molecule has 26 heavy (non-hydrogen) atoms. The molecule has 2 saturated carbocycles. The summed E-state index contributed by atoms with van der Waals surface area (Å²) < 4.78 is 19.0. The second-order valence-electron chi connectivity index (χ2n) is 8.42. The van der Waals surface area contributed by atoms with Crippen molar-refractivity contribution in [1.82, 2.24) is 0 Å². The van der Waals surface area contributed by atoms with E-state index in [-0.39, 0.29) is 5.82 Å². The molecule has 4 rings (SSSR count). The molecule has 1 unspecified atom stereocenters. The number of halogens is 1. The lowest BCUT2D eigenvalue weighted by molar-refractivity contribution is 0.124. The normalized spacial score (nSPS) is 28.4. The van der Waals surface area contributed by atoms with Crippen LogP contribution in [0.5, 0.6) is 5.75 Å². The quantitative estimate of drug-likeness (QED) is 0.589. The first-order valence-corrected chi connectivity index (χ1v) is 10.1. The van der Waals surface area contributed by atoms with Crippen molar-refractivity contribution >= 4 is 0 Å². The molecule has 4 atom stereocenters. The Morgan fingerprint density at radius 1 is 0.846 bits per heavy atom. The minimum absolute atomic E-state index is 0.295. The molecule has 2 aromatic rings. The van der Waals surface area contributed by atoms with E-state index in [1.54, 1.807) is 12.1 Å². The first-order chi connectivity index (χ1) is 12.6. The molecule has 2 fully saturated rings. The van der Waals surface area contributed by atoms with Gasteiger partial charge in [0.25, 0.3) is 0 Å². The second-order valence-corrected chi connectivity index (χ2v) is 8.42. The van der Waals surface area contributed by atoms with E-state index in [4.69, 9.17) is 4.74 Å². The van der Waals surface area contributed by atoms with Crippen LogP contribution in [0.2, 0.25) is 0 Å². The van der Waals surface area contributed by atoms with Gasteiger partial charge in [-0.05, 0) is 84.6 Å². The number of hydrogen-bond donors (Lipinski definition) is 0. The Kier molecular flexibility index (Phi) is 5.02. The lowest BCUT2D eigenvalue weighted by Crippen LogP contribution is -2.29. The molecule has 0 radical (unpaired) electrons. The number of benzene rings is 2. The Hall–Kier alpha value is -1.83. The molecule has 2 aromatic carbocycles. The van der Waals surface area contributed by atoms with Crippen molar-refractivity contribution < 1.29 is 9.13 Å². The van der Waals surface area contributed by atoms with E-state index in [0.29, 0.717) is 11.7 Å². The number of fused-ring (bicyclic) bond motifs is 1. The smallest absolute Gasteiger partial charge is 0.165 e. The lowest BCUT2D eigenvalue weighted by atomic mass is 9.64. The van der Waals surface area contributed by atoms with Gasteiger partial charge in [-0.2, -0.15) is 0 Å². The highest BCUT2D eigenvalue weighted by molar-refractivity contribution is 5.64. The zero-order valence-corrected chi connectivity index (χ0v) is 15.9. The van der Waals surface area contributed by atoms with Crippen LogP contribution < -0.4 is 4.74 Å². The minimum atomic E-state index is -0.307. The molecule has 138 valence electrons. The molecule has 0 spiro atoms. The molecule has 1 nitrogen and oxygen atoms in total. The van der Waals surface area contributed by atoms with Crippen molar-refractivity contribution in [3.05, 3.63) is 53.8 Å². The van der Waals surface area contributed by atoms with E-state index < -0.39 is 0 Å². The highest BCUT2D eigenvalue weighted by Gasteiger charge is 2.34. The standard InChI is InChI=1S/C24H29FO/c1-16-3-4-21-14-20(10-9-19(21)13-16)17-5-7-18(8-6-17)22-11-12-24(26-2)23(25)15-22/h5-8,11-12,15-16,19-21H,3-4,9-10,13-14H2,1-2H3/t16?,19-,20-,21-/m1/s1. The maximum atomic E-state index is 14.0. The Morgan fingerprint density at radius 3 is 2.27 bits per heavy atom. The average molecular weight is 352 g/mol. The van der Waals surface area contributed by atoms with E-state index >= 15 is 0 Å². The minimum Gasteiger partial charge on any atom is -0.494 e. The lowest BCUT2D eigenvalue weighted by Gasteiger charge is -2.41. The summed E-state index contributed by atoms with van der Waals surface area (Å²) in [5.74, 6) is 3.52. The summed E-state index contributed by atoms with van der Waals surface area (Å²) in [5, 5.41) is 0. The van der Waals surface area contributed by atoms with Crippen LogP contribution in [0.25, 0.3) is 11.1 Å². The van der Waals surface area contributed by atoms with Crippen LogP contribution in [0.3, 0.4) is 0 Å². The van der Waals surface area contributed by atoms with E-state index in [9.17, 15) is 4.39 Å². The molecule has 0 aromatic heterocycles. The summed E-state index contributed by atoms with van der Waals surface area (Å²) in [6, 6.07) is 14.0. The number of rotatable bonds is 3. The molecular formula is C24H29FO. The summed E-state index contributed by atoms with van der Waals surface area (Å²) in [7, 11) is 1.49. The van der Waals surface area contributed by atoms with Gasteiger partial charge in [-0.25, -0.2) is 4.39 Å². The number of hydrogen-bond acceptors (Lipinski definition) is 1. The molecule has 0 heterocycles. The molecule has 0 saturated heterocycles. The molecule has 0 aliphatic heterocycles. The van der Waals surface area contributed by atoms with E-state index in [1.165, 1.54) is 51.2 Å². The molecule has 2 aliphatic rings. The van der Waals surface area contributed by atoms with Gasteiger partial charge < -0.3 is 4.74 Å². The second kappa shape index (κ2) is 7.42. The maximum Gasteiger partial charge on any atom is 0.165 e. The molecule has 0 amide bonds. The third kappa shape index (κ3) is 3.51. The average Bonchev–Trinajstić information content (AvgIpc) is 2.67. The fraction of sp³-hybridized carbons (Fsp3) is 0.500. The van der Waals surface area contributed by atoms with Crippen molar-refractivity contribution in [3.8, 4) is 16.9 Å². The predicted octanol–water partition coefficient (Wildman–Crippen LogP) is 6.82. The van der Waals surface area contributed by atoms with Crippen LogP contribution in [0, 0.1) is 23.6 Å². The van der Waals surface area contributed by atoms with Crippen molar-refractivity contribution in [3.63, 3.8) is 0 Å². The van der Waals surface area contributed by atoms with Crippen LogP contribution in [-0.4, -0.2) is 7.11 Å². The fourth-order valence-corrected chi connectivity index (χ4v) is 5.22. The summed E-state index contributed by atoms with van der Waals surface area (Å²) in [4.78, 5) is 0. The van der Waals surface area contributed by atoms with Gasteiger partial charge in [0, 0.05) is 0 Å². The Bertz CT molecular complexity index is 751. The third-order valence-electron chi connectivity index (χ3n) is 6.74. The molecule has 2 heteroatoms. The first-order valence-electron chi connectivity index (χ1n) is 10.1. The van der Waals surface area contributed by atoms with Crippen molar-refractivity contribution in [2.75, 3.05) is 7.11 Å². The summed E-state index contributed by atoms with van der Waals surface area (Å²) in [6.07, 6.45) is 8.35. The third-order valence-corrected chi connectivity index (χ3v) is 6.74. The van der Waals surface area contributed by atoms with Crippen LogP contribution in [0.4, 0.5) is 4.39 Å². The van der Waals surface area contributed by atoms with Crippen molar-refractivity contribution in [2.45, 2.75) is 51.4 Å². The van der Waals surface area contributed by atoms with Crippen LogP contribution >= 0.6 is 0 Å². The largest absolute Gasteiger partial charge is 0.494 e. The number of methoxy groups -OCH3 is 1. The highest BCUT2D eigenvalue weighted by Crippen LogP contribution is 2.47. The zero-order chi connectivity index (χ0) is 18.1. The monoisotopic (exact) mass is 352 g/mol. The predicted molar refractivity (Wildman–Crippen MR) is 105 cm³/mol. The van der Waals surface area contributed by atoms with E-state index in [2.05, 4.69) is 31.2 Å². The fourth-order valence-electron chi connectivity index (χ4n) is 5.22. The SMILES string of the molecule is COc1ccc(-c2ccc([C@@H]3CC[C@@H]4CC(C)CC[C@@H]4C3)cc2)cc1F. The topological polar surface area (TPSA) is 9.23 Å². The molecule has 0 N–H and O–H groups in total. The van der Waals surface area contributed by atoms with Gasteiger partial charge in [-0.1, -0.05) is 43.7 Å². The van der Waals surface area contributed by atoms with E-state index in [0.717, 1.165) is 28.9 Å². The van der Waals surface area contributed by atoms with Gasteiger partial charge in [0.1, 0.15) is 0 Å². The van der Waals surface area contributed by atoms with Crippen LogP contribution in [0.15, 0.2) is 42.5 Å². The van der Waals surface area contributed by atoms with Crippen LogP contribution in [0.1, 0.15) is 56.9 Å². The summed E-state index contributed by atoms with van der Waals surface area (Å²) in [5.41, 5.74) is 3.43. The Morgan fingerprint density at radius 2 is 1.54 bits per heavy atom. The number of ether oxygens (including phenoxy) is 1. The molecule has 0 bridgehead atoms. The Labute approximate surface area is 156 Å². The Balaban J connectivity index is 1.47. The van der Waals surface area contributed by atoms with Crippen LogP contribution in [-0.2, 0) is 0 Å².